The number of benzene rings is 2. The summed E-state index contributed by atoms with van der Waals surface area (Å²) in [5.74, 6) is 1.62. The summed E-state index contributed by atoms with van der Waals surface area (Å²) in [7, 11) is 1.89. The third kappa shape index (κ3) is 2.11. The first-order chi connectivity index (χ1) is 9.69. The number of hydrogen-bond acceptors (Lipinski definition) is 3. The van der Waals surface area contributed by atoms with Crippen LogP contribution in [0.1, 0.15) is 11.1 Å². The molecule has 1 N–H and O–H groups in total. The third-order valence-electron chi connectivity index (χ3n) is 3.61. The smallest absolute Gasteiger partial charge is 0.162 e. The average Bonchev–Trinajstić information content (AvgIpc) is 2.49. The number of fused-ring (bicyclic) bond motifs is 1. The molecule has 0 saturated heterocycles. The van der Waals surface area contributed by atoms with Crippen LogP contribution in [0.4, 0.5) is 5.82 Å². The molecule has 1 aromatic heterocycles. The molecule has 0 saturated carbocycles. The van der Waals surface area contributed by atoms with Gasteiger partial charge in [-0.2, -0.15) is 0 Å². The predicted molar refractivity (Wildman–Crippen MR) is 84.0 cm³/mol. The lowest BCUT2D eigenvalue weighted by Gasteiger charge is -2.09. The Morgan fingerprint density at radius 3 is 2.45 bits per heavy atom. The lowest BCUT2D eigenvalue weighted by Crippen LogP contribution is -1.99. The van der Waals surface area contributed by atoms with Crippen LogP contribution in [-0.4, -0.2) is 17.0 Å². The normalized spacial score (nSPS) is 10.8. The Morgan fingerprint density at radius 1 is 0.900 bits per heavy atom. The molecule has 1 heterocycles. The first-order valence-electron chi connectivity index (χ1n) is 6.71. The molecule has 3 rings (SSSR count). The molecular formula is C17H17N3. The van der Waals surface area contributed by atoms with Crippen molar-refractivity contribution < 1.29 is 0 Å². The van der Waals surface area contributed by atoms with Crippen molar-refractivity contribution in [2.75, 3.05) is 12.4 Å². The zero-order valence-electron chi connectivity index (χ0n) is 11.9. The highest BCUT2D eigenvalue weighted by Gasteiger charge is 2.08. The Hall–Kier alpha value is -2.42. The number of hydrogen-bond donors (Lipinski definition) is 1. The Kier molecular flexibility index (Phi) is 3.11. The van der Waals surface area contributed by atoms with E-state index in [0.717, 1.165) is 28.1 Å². The zero-order valence-corrected chi connectivity index (χ0v) is 11.9. The molecule has 0 atom stereocenters. The first-order valence-corrected chi connectivity index (χ1v) is 6.71. The minimum absolute atomic E-state index is 0.760. The highest BCUT2D eigenvalue weighted by Crippen LogP contribution is 2.25. The van der Waals surface area contributed by atoms with Crippen molar-refractivity contribution in [1.82, 2.24) is 9.97 Å². The molecule has 3 nitrogen and oxygen atoms in total. The monoisotopic (exact) mass is 263 g/mol. The summed E-state index contributed by atoms with van der Waals surface area (Å²) in [4.78, 5) is 9.31. The summed E-state index contributed by atoms with van der Waals surface area (Å²) in [5, 5.41) is 4.20. The maximum Gasteiger partial charge on any atom is 0.162 e. The third-order valence-corrected chi connectivity index (χ3v) is 3.61. The van der Waals surface area contributed by atoms with Gasteiger partial charge in [0.25, 0.3) is 0 Å². The van der Waals surface area contributed by atoms with E-state index in [1.165, 1.54) is 11.1 Å². The van der Waals surface area contributed by atoms with Crippen LogP contribution in [0.2, 0.25) is 0 Å². The van der Waals surface area contributed by atoms with E-state index in [-0.39, 0.29) is 0 Å². The van der Waals surface area contributed by atoms with E-state index in [9.17, 15) is 0 Å². The van der Waals surface area contributed by atoms with Crippen molar-refractivity contribution in [3.05, 3.63) is 53.6 Å². The summed E-state index contributed by atoms with van der Waals surface area (Å²) in [5.41, 5.74) is 4.55. The fourth-order valence-electron chi connectivity index (χ4n) is 2.28. The molecule has 3 aromatic rings. The van der Waals surface area contributed by atoms with E-state index >= 15 is 0 Å². The fraction of sp³-hybridized carbons (Fsp3) is 0.176. The van der Waals surface area contributed by atoms with E-state index in [0.29, 0.717) is 0 Å². The summed E-state index contributed by atoms with van der Waals surface area (Å²) in [6.45, 7) is 4.22. The predicted octanol–water partition coefficient (Wildman–Crippen LogP) is 3.96. The van der Waals surface area contributed by atoms with Gasteiger partial charge in [0, 0.05) is 18.0 Å². The highest BCUT2D eigenvalue weighted by molar-refractivity contribution is 5.90. The number of anilines is 1. The van der Waals surface area contributed by atoms with Crippen LogP contribution in [0.5, 0.6) is 0 Å². The molecule has 0 amide bonds. The second kappa shape index (κ2) is 4.93. The fourth-order valence-corrected chi connectivity index (χ4v) is 2.28. The van der Waals surface area contributed by atoms with E-state index in [4.69, 9.17) is 0 Å². The molecule has 100 valence electrons. The molecule has 0 fully saturated rings. The van der Waals surface area contributed by atoms with Crippen molar-refractivity contribution in [2.45, 2.75) is 13.8 Å². The topological polar surface area (TPSA) is 37.8 Å². The first kappa shape index (κ1) is 12.6. The molecule has 0 aliphatic heterocycles. The second-order valence-electron chi connectivity index (χ2n) is 4.96. The van der Waals surface area contributed by atoms with E-state index in [1.807, 2.05) is 31.3 Å². The van der Waals surface area contributed by atoms with Crippen LogP contribution in [0.15, 0.2) is 42.5 Å². The van der Waals surface area contributed by atoms with Gasteiger partial charge in [-0.3, -0.25) is 0 Å². The Bertz CT molecular complexity index is 778. The van der Waals surface area contributed by atoms with Crippen LogP contribution in [0.3, 0.4) is 0 Å². The number of para-hydroxylation sites is 1. The number of nitrogens with zero attached hydrogens (tertiary/aromatic N) is 2. The van der Waals surface area contributed by atoms with Gasteiger partial charge in [-0.25, -0.2) is 9.97 Å². The van der Waals surface area contributed by atoms with Gasteiger partial charge in [-0.1, -0.05) is 24.3 Å². The van der Waals surface area contributed by atoms with Gasteiger partial charge < -0.3 is 5.32 Å². The van der Waals surface area contributed by atoms with Crippen molar-refractivity contribution >= 4 is 16.7 Å². The van der Waals surface area contributed by atoms with Crippen LogP contribution in [0.25, 0.3) is 22.3 Å². The number of aryl methyl sites for hydroxylation is 2. The standard InChI is InChI=1S/C17H17N3/c1-11-8-9-13(10-12(11)2)16-19-15-7-5-4-6-14(15)17(18-3)20-16/h4-10H,1-3H3,(H,18,19,20). The van der Waals surface area contributed by atoms with Crippen molar-refractivity contribution in [2.24, 2.45) is 0 Å². The van der Waals surface area contributed by atoms with Crippen LogP contribution in [-0.2, 0) is 0 Å². The lowest BCUT2D eigenvalue weighted by molar-refractivity contribution is 1.21. The molecule has 0 aliphatic rings. The van der Waals surface area contributed by atoms with Gasteiger partial charge in [0.05, 0.1) is 5.52 Å². The molecule has 0 bridgehead atoms. The van der Waals surface area contributed by atoms with E-state index in [1.54, 1.807) is 0 Å². The molecule has 2 aromatic carbocycles. The summed E-state index contributed by atoms with van der Waals surface area (Å²) < 4.78 is 0. The Labute approximate surface area is 118 Å². The molecule has 0 radical (unpaired) electrons. The van der Waals surface area contributed by atoms with Crippen molar-refractivity contribution in [3.63, 3.8) is 0 Å². The Morgan fingerprint density at radius 2 is 1.70 bits per heavy atom. The number of nitrogens with one attached hydrogen (secondary N) is 1. The summed E-state index contributed by atoms with van der Waals surface area (Å²) in [6, 6.07) is 14.4. The molecular weight excluding hydrogens is 246 g/mol. The van der Waals surface area contributed by atoms with Gasteiger partial charge in [0.1, 0.15) is 5.82 Å². The van der Waals surface area contributed by atoms with Gasteiger partial charge in [0.2, 0.25) is 0 Å². The number of aromatic nitrogens is 2. The molecule has 0 spiro atoms. The highest BCUT2D eigenvalue weighted by atomic mass is 15.0. The molecule has 3 heteroatoms. The van der Waals surface area contributed by atoms with Gasteiger partial charge >= 0.3 is 0 Å². The SMILES string of the molecule is CNc1nc(-c2ccc(C)c(C)c2)nc2ccccc12. The lowest BCUT2D eigenvalue weighted by atomic mass is 10.1. The average molecular weight is 263 g/mol. The maximum absolute atomic E-state index is 4.67. The van der Waals surface area contributed by atoms with Crippen LogP contribution in [0, 0.1) is 13.8 Å². The molecule has 20 heavy (non-hydrogen) atoms. The van der Waals surface area contributed by atoms with Crippen LogP contribution < -0.4 is 5.32 Å². The van der Waals surface area contributed by atoms with Crippen molar-refractivity contribution in [1.29, 1.82) is 0 Å². The largest absolute Gasteiger partial charge is 0.373 e. The minimum Gasteiger partial charge on any atom is -0.373 e. The van der Waals surface area contributed by atoms with Crippen LogP contribution >= 0.6 is 0 Å². The summed E-state index contributed by atoms with van der Waals surface area (Å²) >= 11 is 0. The summed E-state index contributed by atoms with van der Waals surface area (Å²) in [6.07, 6.45) is 0. The Balaban J connectivity index is 2.23. The van der Waals surface area contributed by atoms with E-state index in [2.05, 4.69) is 47.3 Å². The minimum atomic E-state index is 0.760. The van der Waals surface area contributed by atoms with Gasteiger partial charge in [-0.15, -0.1) is 0 Å². The second-order valence-corrected chi connectivity index (χ2v) is 4.96. The quantitative estimate of drug-likeness (QED) is 0.760. The van der Waals surface area contributed by atoms with Gasteiger partial charge in [0.15, 0.2) is 5.82 Å². The van der Waals surface area contributed by atoms with Gasteiger partial charge in [-0.05, 0) is 43.2 Å². The molecule has 0 aliphatic carbocycles. The zero-order chi connectivity index (χ0) is 14.1. The molecule has 0 unspecified atom stereocenters. The van der Waals surface area contributed by atoms with E-state index < -0.39 is 0 Å². The number of rotatable bonds is 2. The van der Waals surface area contributed by atoms with Crippen molar-refractivity contribution in [3.8, 4) is 11.4 Å². The maximum atomic E-state index is 4.67.